The lowest BCUT2D eigenvalue weighted by Crippen LogP contribution is -2.24. The molecule has 0 radical (unpaired) electrons. The molecule has 2 aromatic heterocycles. The molecule has 0 saturated carbocycles. The predicted octanol–water partition coefficient (Wildman–Crippen LogP) is 2.16. The number of ether oxygens (including phenoxy) is 1. The second kappa shape index (κ2) is 8.59. The largest absolute Gasteiger partial charge is 0.497 e. The lowest BCUT2D eigenvalue weighted by molar-refractivity contribution is -0.121. The zero-order valence-corrected chi connectivity index (χ0v) is 16.0. The summed E-state index contributed by atoms with van der Waals surface area (Å²) in [4.78, 5) is 27.9. The van der Waals surface area contributed by atoms with E-state index in [2.05, 4.69) is 15.4 Å². The standard InChI is InChI=1S/C19H20N4O3S/c1-23-18(25)10-6-14(22-23)5-9-17(24)20-11-15-12-27-19(21-15)13-3-7-16(26-2)8-4-13/h3-4,6-8,10,12H,5,9,11H2,1-2H3,(H,20,24). The van der Waals surface area contributed by atoms with Crippen molar-refractivity contribution < 1.29 is 9.53 Å². The number of nitrogens with one attached hydrogen (secondary N) is 1. The molecule has 0 fully saturated rings. The van der Waals surface area contributed by atoms with Crippen LogP contribution in [0.2, 0.25) is 0 Å². The van der Waals surface area contributed by atoms with Gasteiger partial charge in [-0.25, -0.2) is 9.67 Å². The molecule has 0 aliphatic carbocycles. The van der Waals surface area contributed by atoms with Crippen molar-refractivity contribution in [3.63, 3.8) is 0 Å². The number of amides is 1. The smallest absolute Gasteiger partial charge is 0.266 e. The molecule has 1 N–H and O–H groups in total. The summed E-state index contributed by atoms with van der Waals surface area (Å²) >= 11 is 1.54. The highest BCUT2D eigenvalue weighted by Gasteiger charge is 2.08. The normalized spacial score (nSPS) is 10.6. The SMILES string of the molecule is COc1ccc(-c2nc(CNC(=O)CCc3ccc(=O)n(C)n3)cs2)cc1. The fraction of sp³-hybridized carbons (Fsp3) is 0.263. The monoisotopic (exact) mass is 384 g/mol. The minimum atomic E-state index is -0.167. The topological polar surface area (TPSA) is 86.1 Å². The van der Waals surface area contributed by atoms with Gasteiger partial charge in [-0.1, -0.05) is 0 Å². The Kier molecular flexibility index (Phi) is 5.97. The molecule has 7 nitrogen and oxygen atoms in total. The first-order chi connectivity index (χ1) is 13.0. The van der Waals surface area contributed by atoms with Crippen molar-refractivity contribution in [1.29, 1.82) is 0 Å². The Morgan fingerprint density at radius 2 is 1.96 bits per heavy atom. The van der Waals surface area contributed by atoms with Gasteiger partial charge in [-0.3, -0.25) is 9.59 Å². The second-order valence-electron chi connectivity index (χ2n) is 5.94. The first-order valence-corrected chi connectivity index (χ1v) is 9.32. The molecular weight excluding hydrogens is 364 g/mol. The Balaban J connectivity index is 1.50. The van der Waals surface area contributed by atoms with Gasteiger partial charge in [0.25, 0.3) is 5.56 Å². The van der Waals surface area contributed by atoms with E-state index >= 15 is 0 Å². The van der Waals surface area contributed by atoms with E-state index in [-0.39, 0.29) is 11.5 Å². The molecule has 140 valence electrons. The molecule has 27 heavy (non-hydrogen) atoms. The maximum Gasteiger partial charge on any atom is 0.266 e. The molecule has 8 heteroatoms. The van der Waals surface area contributed by atoms with Crippen LogP contribution < -0.4 is 15.6 Å². The summed E-state index contributed by atoms with van der Waals surface area (Å²) in [7, 11) is 3.22. The van der Waals surface area contributed by atoms with Crippen LogP contribution in [0.15, 0.2) is 46.6 Å². The zero-order chi connectivity index (χ0) is 19.2. The van der Waals surface area contributed by atoms with Gasteiger partial charge in [0.05, 0.1) is 25.0 Å². The van der Waals surface area contributed by atoms with E-state index in [1.807, 2.05) is 29.6 Å². The first kappa shape index (κ1) is 18.8. The van der Waals surface area contributed by atoms with E-state index in [0.717, 1.165) is 22.0 Å². The Bertz CT molecular complexity index is 979. The average molecular weight is 384 g/mol. The number of benzene rings is 1. The van der Waals surface area contributed by atoms with Gasteiger partial charge in [0.2, 0.25) is 5.91 Å². The van der Waals surface area contributed by atoms with Crippen molar-refractivity contribution in [1.82, 2.24) is 20.1 Å². The van der Waals surface area contributed by atoms with Crippen LogP contribution in [0.1, 0.15) is 17.8 Å². The molecule has 1 amide bonds. The number of aryl methyl sites for hydroxylation is 2. The maximum atomic E-state index is 12.0. The summed E-state index contributed by atoms with van der Waals surface area (Å²) in [6.45, 7) is 0.381. The molecule has 2 heterocycles. The molecule has 0 atom stereocenters. The van der Waals surface area contributed by atoms with Crippen LogP contribution in [0.25, 0.3) is 10.6 Å². The third kappa shape index (κ3) is 5.01. The van der Waals surface area contributed by atoms with Crippen LogP contribution in [-0.2, 0) is 24.8 Å². The molecule has 0 unspecified atom stereocenters. The lowest BCUT2D eigenvalue weighted by atomic mass is 10.2. The van der Waals surface area contributed by atoms with Crippen LogP contribution in [0, 0.1) is 0 Å². The Morgan fingerprint density at radius 1 is 1.19 bits per heavy atom. The zero-order valence-electron chi connectivity index (χ0n) is 15.1. The third-order valence-electron chi connectivity index (χ3n) is 3.98. The van der Waals surface area contributed by atoms with Gasteiger partial charge < -0.3 is 10.1 Å². The van der Waals surface area contributed by atoms with Crippen molar-refractivity contribution >= 4 is 17.2 Å². The molecule has 0 aliphatic heterocycles. The van der Waals surface area contributed by atoms with E-state index in [4.69, 9.17) is 4.74 Å². The third-order valence-corrected chi connectivity index (χ3v) is 4.92. The quantitative estimate of drug-likeness (QED) is 0.675. The number of aromatic nitrogens is 3. The summed E-state index contributed by atoms with van der Waals surface area (Å²) in [6.07, 6.45) is 0.787. The highest BCUT2D eigenvalue weighted by Crippen LogP contribution is 2.25. The molecule has 1 aromatic carbocycles. The lowest BCUT2D eigenvalue weighted by Gasteiger charge is -2.04. The van der Waals surface area contributed by atoms with Crippen LogP contribution in [-0.4, -0.2) is 27.8 Å². The van der Waals surface area contributed by atoms with Crippen LogP contribution >= 0.6 is 11.3 Å². The molecule has 3 rings (SSSR count). The molecule has 0 spiro atoms. The van der Waals surface area contributed by atoms with E-state index in [1.165, 1.54) is 22.1 Å². The Labute approximate surface area is 160 Å². The van der Waals surface area contributed by atoms with Gasteiger partial charge in [0, 0.05) is 36.9 Å². The Morgan fingerprint density at radius 3 is 2.67 bits per heavy atom. The van der Waals surface area contributed by atoms with Crippen LogP contribution in [0.5, 0.6) is 5.75 Å². The molecule has 0 aliphatic rings. The molecule has 0 bridgehead atoms. The van der Waals surface area contributed by atoms with Gasteiger partial charge in [0.15, 0.2) is 0 Å². The predicted molar refractivity (Wildman–Crippen MR) is 104 cm³/mol. The van der Waals surface area contributed by atoms with E-state index in [9.17, 15) is 9.59 Å². The number of thiazole rings is 1. The van der Waals surface area contributed by atoms with Gasteiger partial charge in [-0.05, 0) is 30.3 Å². The maximum absolute atomic E-state index is 12.0. The summed E-state index contributed by atoms with van der Waals surface area (Å²) in [6, 6.07) is 10.8. The van der Waals surface area contributed by atoms with Crippen molar-refractivity contribution in [3.05, 3.63) is 63.5 Å². The minimum absolute atomic E-state index is 0.0790. The summed E-state index contributed by atoms with van der Waals surface area (Å²) in [5, 5.41) is 9.82. The number of carbonyl (C=O) groups is 1. The number of nitrogens with zero attached hydrogens (tertiary/aromatic N) is 3. The number of rotatable bonds is 7. The fourth-order valence-electron chi connectivity index (χ4n) is 2.46. The number of methoxy groups -OCH3 is 1. The van der Waals surface area contributed by atoms with Gasteiger partial charge >= 0.3 is 0 Å². The summed E-state index contributed by atoms with van der Waals surface area (Å²) in [5.74, 6) is 0.723. The second-order valence-corrected chi connectivity index (χ2v) is 6.79. The molecular formula is C19H20N4O3S. The van der Waals surface area contributed by atoms with Crippen molar-refractivity contribution in [2.75, 3.05) is 7.11 Å². The van der Waals surface area contributed by atoms with Crippen molar-refractivity contribution in [2.45, 2.75) is 19.4 Å². The highest BCUT2D eigenvalue weighted by atomic mass is 32.1. The van der Waals surface area contributed by atoms with E-state index in [0.29, 0.717) is 25.1 Å². The number of hydrogen-bond acceptors (Lipinski definition) is 6. The van der Waals surface area contributed by atoms with Crippen molar-refractivity contribution in [2.24, 2.45) is 7.05 Å². The van der Waals surface area contributed by atoms with Crippen LogP contribution in [0.4, 0.5) is 0 Å². The van der Waals surface area contributed by atoms with Gasteiger partial charge in [-0.15, -0.1) is 11.3 Å². The van der Waals surface area contributed by atoms with Crippen LogP contribution in [0.3, 0.4) is 0 Å². The molecule has 3 aromatic rings. The number of hydrogen-bond donors (Lipinski definition) is 1. The van der Waals surface area contributed by atoms with Gasteiger partial charge in [0.1, 0.15) is 10.8 Å². The van der Waals surface area contributed by atoms with Gasteiger partial charge in [-0.2, -0.15) is 5.10 Å². The average Bonchev–Trinajstić information content (AvgIpc) is 3.16. The molecule has 0 saturated heterocycles. The Hall–Kier alpha value is -3.00. The van der Waals surface area contributed by atoms with E-state index in [1.54, 1.807) is 20.2 Å². The number of carbonyl (C=O) groups excluding carboxylic acids is 1. The van der Waals surface area contributed by atoms with E-state index < -0.39 is 0 Å². The minimum Gasteiger partial charge on any atom is -0.497 e. The summed E-state index contributed by atoms with van der Waals surface area (Å²) < 4.78 is 6.42. The van der Waals surface area contributed by atoms with Crippen molar-refractivity contribution in [3.8, 4) is 16.3 Å². The first-order valence-electron chi connectivity index (χ1n) is 8.44. The summed E-state index contributed by atoms with van der Waals surface area (Å²) in [5.41, 5.74) is 2.38. The highest BCUT2D eigenvalue weighted by molar-refractivity contribution is 7.13. The fourth-order valence-corrected chi connectivity index (χ4v) is 3.28.